The molecule has 1 aliphatic heterocycles. The second kappa shape index (κ2) is 6.68. The molecule has 2 aliphatic rings. The maximum Gasteiger partial charge on any atom is 0.132 e. The minimum atomic E-state index is -0.526. The van der Waals surface area contributed by atoms with Gasteiger partial charge in [0.05, 0.1) is 5.41 Å². The Bertz CT molecular complexity index is 908. The molecule has 0 bridgehead atoms. The molecule has 1 aromatic rings. The zero-order chi connectivity index (χ0) is 18.9. The highest BCUT2D eigenvalue weighted by molar-refractivity contribution is 5.80. The van der Waals surface area contributed by atoms with Crippen molar-refractivity contribution in [1.82, 2.24) is 0 Å². The van der Waals surface area contributed by atoms with Crippen LogP contribution >= 0.6 is 0 Å². The standard InChI is InChI=1S/C25H24O/c1-7-17-18(8-2)20(10-4)25(19(17)9-3)21(11-5)23(12-6)26-24-16-14-13-15-22(24)25/h7-16H,1-4H2,5-6H3/b21-11+,23-12+. The van der Waals surface area contributed by atoms with Crippen LogP contribution in [0.2, 0.25) is 0 Å². The SMILES string of the molecule is C=CC1=C(C=C)C2(C(C=C)=C1C=C)C(=C/C)/C(=C\C)Oc1ccccc12. The van der Waals surface area contributed by atoms with Gasteiger partial charge in [-0.05, 0) is 48.3 Å². The Morgan fingerprint density at radius 1 is 0.808 bits per heavy atom. The fourth-order valence-corrected chi connectivity index (χ4v) is 4.33. The van der Waals surface area contributed by atoms with Gasteiger partial charge < -0.3 is 4.74 Å². The zero-order valence-corrected chi connectivity index (χ0v) is 15.5. The van der Waals surface area contributed by atoms with Crippen molar-refractivity contribution in [1.29, 1.82) is 0 Å². The van der Waals surface area contributed by atoms with Crippen molar-refractivity contribution >= 4 is 0 Å². The Balaban J connectivity index is 2.61. The van der Waals surface area contributed by atoms with E-state index in [-0.39, 0.29) is 0 Å². The maximum atomic E-state index is 6.22. The molecule has 0 aromatic heterocycles. The molecule has 1 spiro atoms. The van der Waals surface area contributed by atoms with Crippen molar-refractivity contribution < 1.29 is 4.74 Å². The van der Waals surface area contributed by atoms with Crippen LogP contribution in [-0.4, -0.2) is 0 Å². The predicted molar refractivity (Wildman–Crippen MR) is 111 cm³/mol. The van der Waals surface area contributed by atoms with E-state index < -0.39 is 5.41 Å². The lowest BCUT2D eigenvalue weighted by molar-refractivity contribution is 0.387. The maximum absolute atomic E-state index is 6.22. The smallest absolute Gasteiger partial charge is 0.132 e. The number of allylic oxidation sites excluding steroid dienone is 11. The number of ether oxygens (including phenoxy) is 1. The first-order valence-electron chi connectivity index (χ1n) is 8.76. The third-order valence-corrected chi connectivity index (χ3v) is 5.23. The molecule has 26 heavy (non-hydrogen) atoms. The van der Waals surface area contributed by atoms with Gasteiger partial charge in [-0.2, -0.15) is 0 Å². The molecule has 1 aliphatic carbocycles. The molecule has 0 atom stereocenters. The minimum Gasteiger partial charge on any atom is -0.457 e. The minimum absolute atomic E-state index is 0.526. The van der Waals surface area contributed by atoms with Gasteiger partial charge in [0.15, 0.2) is 0 Å². The summed E-state index contributed by atoms with van der Waals surface area (Å²) in [5.74, 6) is 1.69. The number of hydrogen-bond acceptors (Lipinski definition) is 1. The van der Waals surface area contributed by atoms with Gasteiger partial charge in [-0.1, -0.05) is 74.9 Å². The summed E-state index contributed by atoms with van der Waals surface area (Å²) >= 11 is 0. The van der Waals surface area contributed by atoms with E-state index in [0.29, 0.717) is 0 Å². The van der Waals surface area contributed by atoms with E-state index in [1.54, 1.807) is 0 Å². The van der Waals surface area contributed by atoms with E-state index in [0.717, 1.165) is 44.9 Å². The molecule has 1 nitrogen and oxygen atoms in total. The van der Waals surface area contributed by atoms with E-state index in [4.69, 9.17) is 4.74 Å². The van der Waals surface area contributed by atoms with Gasteiger partial charge >= 0.3 is 0 Å². The number of fused-ring (bicyclic) bond motifs is 2. The molecule has 1 heteroatoms. The third kappa shape index (κ3) is 2.04. The van der Waals surface area contributed by atoms with Gasteiger partial charge in [0.1, 0.15) is 11.5 Å². The van der Waals surface area contributed by atoms with Crippen LogP contribution in [0.5, 0.6) is 5.75 Å². The fraction of sp³-hybridized carbons (Fsp3) is 0.120. The normalized spacial score (nSPS) is 21.0. The van der Waals surface area contributed by atoms with Crippen LogP contribution in [0.3, 0.4) is 0 Å². The molecule has 3 rings (SSSR count). The summed E-state index contributed by atoms with van der Waals surface area (Å²) in [6, 6.07) is 8.16. The molecule has 0 radical (unpaired) electrons. The second-order valence-corrected chi connectivity index (χ2v) is 6.17. The summed E-state index contributed by atoms with van der Waals surface area (Å²) in [5.41, 5.74) is 5.88. The number of hydrogen-bond donors (Lipinski definition) is 0. The van der Waals surface area contributed by atoms with E-state index in [1.807, 2.05) is 62.4 Å². The van der Waals surface area contributed by atoms with Crippen molar-refractivity contribution in [2.45, 2.75) is 19.3 Å². The van der Waals surface area contributed by atoms with Crippen molar-refractivity contribution in [2.75, 3.05) is 0 Å². The Kier molecular flexibility index (Phi) is 4.56. The molecule has 0 fully saturated rings. The quantitative estimate of drug-likeness (QED) is 0.606. The first-order valence-corrected chi connectivity index (χ1v) is 8.76. The van der Waals surface area contributed by atoms with E-state index in [9.17, 15) is 0 Å². The fourth-order valence-electron chi connectivity index (χ4n) is 4.33. The van der Waals surface area contributed by atoms with Crippen molar-refractivity contribution in [3.8, 4) is 5.75 Å². The Morgan fingerprint density at radius 2 is 1.38 bits per heavy atom. The lowest BCUT2D eigenvalue weighted by Gasteiger charge is -2.42. The van der Waals surface area contributed by atoms with Gasteiger partial charge in [-0.3, -0.25) is 0 Å². The molecule has 0 saturated heterocycles. The summed E-state index contributed by atoms with van der Waals surface area (Å²) in [6.45, 7) is 20.4. The largest absolute Gasteiger partial charge is 0.457 e. The van der Waals surface area contributed by atoms with Crippen LogP contribution in [0, 0.1) is 0 Å². The van der Waals surface area contributed by atoms with Crippen molar-refractivity contribution in [2.24, 2.45) is 0 Å². The van der Waals surface area contributed by atoms with Crippen molar-refractivity contribution in [3.05, 3.63) is 126 Å². The third-order valence-electron chi connectivity index (χ3n) is 5.23. The average molecular weight is 340 g/mol. The average Bonchev–Trinajstić information content (AvgIpc) is 2.96. The molecular formula is C25H24O. The molecule has 0 unspecified atom stereocenters. The zero-order valence-electron chi connectivity index (χ0n) is 15.5. The first-order chi connectivity index (χ1) is 12.6. The van der Waals surface area contributed by atoms with E-state index >= 15 is 0 Å². The molecule has 1 aromatic carbocycles. The van der Waals surface area contributed by atoms with Gasteiger partial charge in [-0.25, -0.2) is 0 Å². The lowest BCUT2D eigenvalue weighted by Crippen LogP contribution is -2.36. The highest BCUT2D eigenvalue weighted by atomic mass is 16.5. The van der Waals surface area contributed by atoms with Crippen LogP contribution in [0.1, 0.15) is 19.4 Å². The summed E-state index contributed by atoms with van der Waals surface area (Å²) in [5, 5.41) is 0. The molecule has 130 valence electrons. The van der Waals surface area contributed by atoms with Gasteiger partial charge in [0.2, 0.25) is 0 Å². The summed E-state index contributed by atoms with van der Waals surface area (Å²) in [7, 11) is 0. The Labute approximate surface area is 156 Å². The van der Waals surface area contributed by atoms with Gasteiger partial charge in [0, 0.05) is 11.1 Å². The predicted octanol–water partition coefficient (Wildman–Crippen LogP) is 6.52. The Hall–Kier alpha value is -3.06. The summed E-state index contributed by atoms with van der Waals surface area (Å²) < 4.78 is 6.22. The number of rotatable bonds is 4. The van der Waals surface area contributed by atoms with Crippen LogP contribution in [0.25, 0.3) is 0 Å². The molecule has 1 heterocycles. The Morgan fingerprint density at radius 3 is 1.85 bits per heavy atom. The highest BCUT2D eigenvalue weighted by Gasteiger charge is 2.52. The first kappa shape index (κ1) is 17.8. The van der Waals surface area contributed by atoms with Crippen molar-refractivity contribution in [3.63, 3.8) is 0 Å². The molecule has 0 amide bonds. The van der Waals surface area contributed by atoms with E-state index in [1.165, 1.54) is 0 Å². The highest BCUT2D eigenvalue weighted by Crippen LogP contribution is 2.60. The monoisotopic (exact) mass is 340 g/mol. The van der Waals surface area contributed by atoms with Crippen LogP contribution in [0.15, 0.2) is 121 Å². The lowest BCUT2D eigenvalue weighted by atomic mass is 9.63. The van der Waals surface area contributed by atoms with Gasteiger partial charge in [-0.15, -0.1) is 0 Å². The van der Waals surface area contributed by atoms with Gasteiger partial charge in [0.25, 0.3) is 0 Å². The molecular weight excluding hydrogens is 316 g/mol. The summed E-state index contributed by atoms with van der Waals surface area (Å²) in [4.78, 5) is 0. The number of para-hydroxylation sites is 1. The van der Waals surface area contributed by atoms with Crippen LogP contribution < -0.4 is 4.74 Å². The van der Waals surface area contributed by atoms with E-state index in [2.05, 4.69) is 38.5 Å². The van der Waals surface area contributed by atoms with Crippen LogP contribution in [-0.2, 0) is 5.41 Å². The topological polar surface area (TPSA) is 9.23 Å². The summed E-state index contributed by atoms with van der Waals surface area (Å²) in [6.07, 6.45) is 11.7. The number of benzene rings is 1. The molecule has 0 N–H and O–H groups in total. The second-order valence-electron chi connectivity index (χ2n) is 6.17. The molecule has 0 saturated carbocycles. The van der Waals surface area contributed by atoms with Crippen LogP contribution in [0.4, 0.5) is 0 Å².